The van der Waals surface area contributed by atoms with Gasteiger partial charge in [0.15, 0.2) is 0 Å². The predicted octanol–water partition coefficient (Wildman–Crippen LogP) is 2.27. The van der Waals surface area contributed by atoms with Crippen LogP contribution >= 0.6 is 0 Å². The first-order valence-corrected chi connectivity index (χ1v) is 10.5. The molecule has 2 N–H and O–H groups in total. The number of ether oxygens (including phenoxy) is 1. The molecule has 1 saturated heterocycles. The molecule has 0 radical (unpaired) electrons. The average Bonchev–Trinajstić information content (AvgIpc) is 2.98. The Balaban J connectivity index is 2.10. The first kappa shape index (κ1) is 22.6. The van der Waals surface area contributed by atoms with E-state index >= 15 is 0 Å². The molecule has 1 aliphatic rings. The van der Waals surface area contributed by atoms with E-state index in [1.807, 2.05) is 38.1 Å². The molecule has 2 aromatic carbocycles. The number of amides is 1. The average molecular weight is 424 g/mol. The topological polar surface area (TPSA) is 71.3 Å². The van der Waals surface area contributed by atoms with Crippen molar-refractivity contribution in [3.8, 4) is 5.75 Å². The summed E-state index contributed by atoms with van der Waals surface area (Å²) in [7, 11) is 5.69. The van der Waals surface area contributed by atoms with Gasteiger partial charge in [0.05, 0.1) is 39.4 Å². The number of carbonyl (C=O) groups excluding carboxylic acids is 2. The highest BCUT2D eigenvalue weighted by molar-refractivity contribution is 6.46. The normalized spacial score (nSPS) is 18.1. The zero-order valence-corrected chi connectivity index (χ0v) is 18.9. The number of hydrogen-bond donors (Lipinski definition) is 2. The molecule has 3 rings (SSSR count). The molecule has 1 fully saturated rings. The number of quaternary nitrogens is 1. The second-order valence-electron chi connectivity index (χ2n) is 8.40. The molecule has 0 bridgehead atoms. The number of ketones is 1. The Bertz CT molecular complexity index is 1010. The molecule has 0 spiro atoms. The highest BCUT2D eigenvalue weighted by Crippen LogP contribution is 2.39. The molecule has 1 atom stereocenters. The summed E-state index contributed by atoms with van der Waals surface area (Å²) in [6.07, 6.45) is 0.763. The molecule has 0 aliphatic carbocycles. The minimum atomic E-state index is -0.645. The van der Waals surface area contributed by atoms with Crippen LogP contribution in [0.25, 0.3) is 5.76 Å². The third kappa shape index (κ3) is 4.64. The molecule has 1 aliphatic heterocycles. The second kappa shape index (κ2) is 9.35. The molecule has 1 amide bonds. The quantitative estimate of drug-likeness (QED) is 0.407. The van der Waals surface area contributed by atoms with E-state index < -0.39 is 17.7 Å². The lowest BCUT2D eigenvalue weighted by Gasteiger charge is -2.25. The summed E-state index contributed by atoms with van der Waals surface area (Å²) in [4.78, 5) is 28.9. The van der Waals surface area contributed by atoms with Crippen molar-refractivity contribution in [1.29, 1.82) is 0 Å². The van der Waals surface area contributed by atoms with Crippen LogP contribution in [-0.2, 0) is 9.59 Å². The Labute approximate surface area is 183 Å². The molecule has 1 heterocycles. The summed E-state index contributed by atoms with van der Waals surface area (Å²) in [5.74, 6) is -0.673. The number of benzene rings is 2. The van der Waals surface area contributed by atoms with E-state index in [0.717, 1.165) is 29.7 Å². The number of aryl methyl sites for hydroxylation is 2. The third-order valence-electron chi connectivity index (χ3n) is 5.68. The van der Waals surface area contributed by atoms with Crippen LogP contribution in [0.5, 0.6) is 5.75 Å². The number of methoxy groups -OCH3 is 1. The van der Waals surface area contributed by atoms with Gasteiger partial charge in [-0.3, -0.25) is 9.59 Å². The fourth-order valence-electron chi connectivity index (χ4n) is 3.99. The van der Waals surface area contributed by atoms with E-state index in [1.54, 1.807) is 30.2 Å². The number of nitrogens with one attached hydrogen (secondary N) is 1. The number of aliphatic hydroxyl groups is 1. The number of Topliss-reactive ketones (excluding diaryl/α,β-unsaturated/α-hetero) is 1. The highest BCUT2D eigenvalue weighted by atomic mass is 16.5. The Morgan fingerprint density at radius 3 is 2.35 bits per heavy atom. The van der Waals surface area contributed by atoms with Gasteiger partial charge in [0, 0.05) is 18.5 Å². The maximum Gasteiger partial charge on any atom is 0.295 e. The van der Waals surface area contributed by atoms with Crippen molar-refractivity contribution in [2.45, 2.75) is 26.3 Å². The summed E-state index contributed by atoms with van der Waals surface area (Å²) < 4.78 is 5.30. The standard InChI is InChI=1S/C25H30N2O4/c1-16-7-9-18(10-8-16)22-21(23(28)19-11-12-20(31-5)17(2)15-19)24(29)25(30)27(22)14-6-13-26(3)4/h7-12,15,22,28H,6,13-14H2,1-5H3/p+1/t22-/m1/s1. The second-order valence-corrected chi connectivity index (χ2v) is 8.40. The molecule has 0 unspecified atom stereocenters. The summed E-state index contributed by atoms with van der Waals surface area (Å²) in [6.45, 7) is 5.18. The van der Waals surface area contributed by atoms with E-state index in [0.29, 0.717) is 17.9 Å². The van der Waals surface area contributed by atoms with Gasteiger partial charge in [-0.15, -0.1) is 0 Å². The molecular formula is C25H31N2O4+. The van der Waals surface area contributed by atoms with E-state index in [1.165, 1.54) is 4.90 Å². The van der Waals surface area contributed by atoms with Crippen molar-refractivity contribution in [3.05, 3.63) is 70.3 Å². The van der Waals surface area contributed by atoms with Crippen LogP contribution in [0, 0.1) is 13.8 Å². The van der Waals surface area contributed by atoms with Crippen LogP contribution in [-0.4, -0.2) is 56.0 Å². The molecular weight excluding hydrogens is 392 g/mol. The smallest absolute Gasteiger partial charge is 0.295 e. The van der Waals surface area contributed by atoms with Gasteiger partial charge in [-0.25, -0.2) is 0 Å². The van der Waals surface area contributed by atoms with Crippen molar-refractivity contribution in [1.82, 2.24) is 4.90 Å². The van der Waals surface area contributed by atoms with Crippen molar-refractivity contribution >= 4 is 17.4 Å². The van der Waals surface area contributed by atoms with Crippen molar-refractivity contribution in [2.75, 3.05) is 34.3 Å². The Morgan fingerprint density at radius 2 is 1.77 bits per heavy atom. The third-order valence-corrected chi connectivity index (χ3v) is 5.68. The van der Waals surface area contributed by atoms with E-state index in [2.05, 4.69) is 14.1 Å². The lowest BCUT2D eigenvalue weighted by molar-refractivity contribution is -0.858. The fourth-order valence-corrected chi connectivity index (χ4v) is 3.99. The van der Waals surface area contributed by atoms with E-state index in [4.69, 9.17) is 4.74 Å². The summed E-state index contributed by atoms with van der Waals surface area (Å²) >= 11 is 0. The first-order chi connectivity index (χ1) is 14.7. The molecule has 164 valence electrons. The van der Waals surface area contributed by atoms with Crippen LogP contribution in [0.2, 0.25) is 0 Å². The minimum Gasteiger partial charge on any atom is -0.507 e. The number of rotatable bonds is 7. The summed E-state index contributed by atoms with van der Waals surface area (Å²) in [6, 6.07) is 12.4. The number of hydrogen-bond acceptors (Lipinski definition) is 4. The SMILES string of the molecule is COc1ccc(C(O)=C2C(=O)C(=O)N(CCC[NH+](C)C)[C@@H]2c2ccc(C)cc2)cc1C. The Morgan fingerprint density at radius 1 is 1.10 bits per heavy atom. The van der Waals surface area contributed by atoms with Gasteiger partial charge >= 0.3 is 0 Å². The number of carbonyl (C=O) groups is 2. The zero-order chi connectivity index (χ0) is 22.7. The molecule has 0 aromatic heterocycles. The van der Waals surface area contributed by atoms with Crippen molar-refractivity contribution in [2.24, 2.45) is 0 Å². The van der Waals surface area contributed by atoms with E-state index in [-0.39, 0.29) is 11.3 Å². The largest absolute Gasteiger partial charge is 0.507 e. The number of nitrogens with zero attached hydrogens (tertiary/aromatic N) is 1. The highest BCUT2D eigenvalue weighted by Gasteiger charge is 2.45. The lowest BCUT2D eigenvalue weighted by atomic mass is 9.94. The molecule has 0 saturated carbocycles. The minimum absolute atomic E-state index is 0.135. The first-order valence-electron chi connectivity index (χ1n) is 10.5. The fraction of sp³-hybridized carbons (Fsp3) is 0.360. The molecule has 2 aromatic rings. The van der Waals surface area contributed by atoms with Crippen LogP contribution < -0.4 is 9.64 Å². The van der Waals surface area contributed by atoms with Gasteiger partial charge in [-0.2, -0.15) is 0 Å². The number of likely N-dealkylation sites (tertiary alicyclic amines) is 1. The van der Waals surface area contributed by atoms with E-state index in [9.17, 15) is 14.7 Å². The summed E-state index contributed by atoms with van der Waals surface area (Å²) in [5.41, 5.74) is 3.36. The molecule has 6 heteroatoms. The Kier molecular flexibility index (Phi) is 6.81. The van der Waals surface area contributed by atoms with Crippen molar-refractivity contribution in [3.63, 3.8) is 0 Å². The Hall–Kier alpha value is -3.12. The maximum atomic E-state index is 13.0. The van der Waals surface area contributed by atoms with Gasteiger partial charge < -0.3 is 19.6 Å². The van der Waals surface area contributed by atoms with Gasteiger partial charge in [0.25, 0.3) is 11.7 Å². The van der Waals surface area contributed by atoms with Gasteiger partial charge in [0.1, 0.15) is 11.5 Å². The monoisotopic (exact) mass is 423 g/mol. The maximum absolute atomic E-state index is 13.0. The lowest BCUT2D eigenvalue weighted by Crippen LogP contribution is -3.05. The van der Waals surface area contributed by atoms with Crippen molar-refractivity contribution < 1.29 is 24.3 Å². The molecule has 31 heavy (non-hydrogen) atoms. The van der Waals surface area contributed by atoms with Crippen LogP contribution in [0.4, 0.5) is 0 Å². The predicted molar refractivity (Wildman–Crippen MR) is 120 cm³/mol. The van der Waals surface area contributed by atoms with Gasteiger partial charge in [-0.1, -0.05) is 29.8 Å². The van der Waals surface area contributed by atoms with Gasteiger partial charge in [-0.05, 0) is 43.2 Å². The van der Waals surface area contributed by atoms with Gasteiger partial charge in [0.2, 0.25) is 0 Å². The molecule has 6 nitrogen and oxygen atoms in total. The van der Waals surface area contributed by atoms with Crippen LogP contribution in [0.1, 0.15) is 34.7 Å². The van der Waals surface area contributed by atoms with Crippen LogP contribution in [0.15, 0.2) is 48.0 Å². The zero-order valence-electron chi connectivity index (χ0n) is 18.9. The van der Waals surface area contributed by atoms with Crippen LogP contribution in [0.3, 0.4) is 0 Å². The summed E-state index contributed by atoms with van der Waals surface area (Å²) in [5, 5.41) is 11.1. The number of aliphatic hydroxyl groups excluding tert-OH is 1.